The topological polar surface area (TPSA) is 106 Å². The lowest BCUT2D eigenvalue weighted by Gasteiger charge is -2.50. The second-order valence-electron chi connectivity index (χ2n) is 10.7. The molecule has 0 amide bonds. The number of halogens is 1. The Balaban J connectivity index is 1.40. The summed E-state index contributed by atoms with van der Waals surface area (Å²) in [6.07, 6.45) is 3.35. The third kappa shape index (κ3) is 5.32. The number of piperidine rings is 1. The van der Waals surface area contributed by atoms with Crippen LogP contribution >= 0.6 is 11.6 Å². The fourth-order valence-electron chi connectivity index (χ4n) is 5.70. The van der Waals surface area contributed by atoms with Crippen LogP contribution in [0.25, 0.3) is 5.57 Å². The van der Waals surface area contributed by atoms with Gasteiger partial charge in [0.25, 0.3) is 0 Å². The van der Waals surface area contributed by atoms with Gasteiger partial charge in [-0.1, -0.05) is 43.7 Å². The van der Waals surface area contributed by atoms with Gasteiger partial charge in [0.15, 0.2) is 12.8 Å². The van der Waals surface area contributed by atoms with Gasteiger partial charge in [0.2, 0.25) is 5.69 Å². The van der Waals surface area contributed by atoms with Gasteiger partial charge in [-0.2, -0.15) is 4.73 Å². The molecule has 204 valence electrons. The third-order valence-electron chi connectivity index (χ3n) is 7.81. The molecular weight excluding hydrogens is 520 g/mol. The lowest BCUT2D eigenvalue weighted by atomic mass is 9.66. The number of fused-ring (bicyclic) bond motifs is 2. The molecule has 2 aliphatic heterocycles. The predicted octanol–water partition coefficient (Wildman–Crippen LogP) is 5.36. The summed E-state index contributed by atoms with van der Waals surface area (Å²) in [5, 5.41) is 34.0. The second kappa shape index (κ2) is 10.5. The predicted molar refractivity (Wildman–Crippen MR) is 147 cm³/mol. The van der Waals surface area contributed by atoms with E-state index in [1.807, 2.05) is 30.3 Å². The molecule has 9 heteroatoms. The number of hydrogen-bond donors (Lipinski definition) is 2. The van der Waals surface area contributed by atoms with Crippen LogP contribution in [-0.4, -0.2) is 40.9 Å². The Kier molecular flexibility index (Phi) is 7.29. The second-order valence-corrected chi connectivity index (χ2v) is 11.1. The monoisotopic (exact) mass is 550 g/mol. The number of aromatic nitrogens is 1. The number of ether oxygens (including phenoxy) is 2. The molecule has 3 heterocycles. The smallest absolute Gasteiger partial charge is 0.511 e. The molecule has 0 spiro atoms. The van der Waals surface area contributed by atoms with E-state index in [0.29, 0.717) is 41.4 Å². The number of aliphatic hydroxyl groups is 1. The van der Waals surface area contributed by atoms with E-state index in [9.17, 15) is 15.1 Å². The standard InChI is InChI=1S/C30H31ClN2O6/c1-29(2)19-32(16-13-30(29,36)20-7-9-21(31)10-8-20)14-3-5-23-24-6-4-15-33(37)26(24)18-38-27-12-11-22(17-25(23)27)39-28(34)35/h4-12,15,17,36H,3,13-14,16,18-19H2,1-2H3,(H,34,35)/t30-/m0/s1. The van der Waals surface area contributed by atoms with Gasteiger partial charge in [0.05, 0.1) is 11.2 Å². The number of pyridine rings is 1. The average molecular weight is 551 g/mol. The number of carboxylic acid groups (broad SMARTS) is 1. The van der Waals surface area contributed by atoms with Crippen LogP contribution in [0.5, 0.6) is 11.5 Å². The Bertz CT molecular complexity index is 1420. The number of carbonyl (C=O) groups is 1. The van der Waals surface area contributed by atoms with E-state index in [4.69, 9.17) is 26.2 Å². The molecule has 2 N–H and O–H groups in total. The van der Waals surface area contributed by atoms with Crippen LogP contribution in [-0.2, 0) is 12.2 Å². The van der Waals surface area contributed by atoms with Gasteiger partial charge < -0.3 is 29.8 Å². The molecule has 39 heavy (non-hydrogen) atoms. The molecular formula is C30H31ClN2O6. The van der Waals surface area contributed by atoms with E-state index in [-0.39, 0.29) is 12.4 Å². The van der Waals surface area contributed by atoms with E-state index in [1.54, 1.807) is 18.2 Å². The first kappa shape index (κ1) is 27.0. The van der Waals surface area contributed by atoms with E-state index in [0.717, 1.165) is 34.5 Å². The van der Waals surface area contributed by atoms with Crippen molar-refractivity contribution in [3.05, 3.63) is 99.5 Å². The number of hydrogen-bond acceptors (Lipinski definition) is 6. The van der Waals surface area contributed by atoms with Crippen LogP contribution < -0.4 is 14.2 Å². The van der Waals surface area contributed by atoms with Crippen LogP contribution in [0, 0.1) is 10.6 Å². The summed E-state index contributed by atoms with van der Waals surface area (Å²) >= 11 is 6.07. The molecule has 1 aromatic heterocycles. The van der Waals surface area contributed by atoms with Gasteiger partial charge in [-0.05, 0) is 60.4 Å². The summed E-state index contributed by atoms with van der Waals surface area (Å²) in [6.45, 7) is 6.41. The van der Waals surface area contributed by atoms with Crippen molar-refractivity contribution in [1.29, 1.82) is 0 Å². The maximum atomic E-state index is 12.6. The lowest BCUT2D eigenvalue weighted by molar-refractivity contribution is -0.616. The Morgan fingerprint density at radius 1 is 1.21 bits per heavy atom. The largest absolute Gasteiger partial charge is 0.618 e. The maximum absolute atomic E-state index is 12.6. The highest BCUT2D eigenvalue weighted by atomic mass is 35.5. The quantitative estimate of drug-likeness (QED) is 0.190. The van der Waals surface area contributed by atoms with E-state index in [1.165, 1.54) is 12.3 Å². The summed E-state index contributed by atoms with van der Waals surface area (Å²) in [5.74, 6) is 0.715. The van der Waals surface area contributed by atoms with Crippen molar-refractivity contribution in [3.8, 4) is 11.5 Å². The minimum atomic E-state index is -1.40. The van der Waals surface area contributed by atoms with Gasteiger partial charge in [-0.3, -0.25) is 0 Å². The van der Waals surface area contributed by atoms with Crippen LogP contribution in [0.4, 0.5) is 4.79 Å². The first-order chi connectivity index (χ1) is 18.6. The zero-order valence-corrected chi connectivity index (χ0v) is 22.6. The number of likely N-dealkylation sites (tertiary alicyclic amines) is 1. The molecule has 8 nitrogen and oxygen atoms in total. The summed E-state index contributed by atoms with van der Waals surface area (Å²) in [4.78, 5) is 13.5. The maximum Gasteiger partial charge on any atom is 0.511 e. The van der Waals surface area contributed by atoms with Crippen molar-refractivity contribution in [2.45, 2.75) is 38.9 Å². The Morgan fingerprint density at radius 3 is 2.69 bits per heavy atom. The zero-order valence-electron chi connectivity index (χ0n) is 21.9. The number of nitrogens with zero attached hydrogens (tertiary/aromatic N) is 2. The van der Waals surface area contributed by atoms with Crippen LogP contribution in [0.2, 0.25) is 5.02 Å². The zero-order chi connectivity index (χ0) is 27.8. The molecule has 2 aliphatic rings. The van der Waals surface area contributed by atoms with Crippen molar-refractivity contribution in [3.63, 3.8) is 0 Å². The van der Waals surface area contributed by atoms with E-state index >= 15 is 0 Å². The molecule has 0 radical (unpaired) electrons. The SMILES string of the molecule is CC1(C)CN(CCC=C2c3cc(OC(=O)O)ccc3OCc3c2ccc[n+]3[O-])CC[C@]1(O)c1ccc(Cl)cc1. The van der Waals surface area contributed by atoms with Crippen LogP contribution in [0.15, 0.2) is 66.9 Å². The summed E-state index contributed by atoms with van der Waals surface area (Å²) in [6, 6.07) is 15.8. The van der Waals surface area contributed by atoms with Gasteiger partial charge in [-0.15, -0.1) is 0 Å². The molecule has 0 aliphatic carbocycles. The third-order valence-corrected chi connectivity index (χ3v) is 8.06. The first-order valence-corrected chi connectivity index (χ1v) is 13.3. The molecule has 1 saturated heterocycles. The molecule has 0 bridgehead atoms. The van der Waals surface area contributed by atoms with Gasteiger partial charge in [-0.25, -0.2) is 4.79 Å². The van der Waals surface area contributed by atoms with Crippen LogP contribution in [0.3, 0.4) is 0 Å². The molecule has 0 unspecified atom stereocenters. The van der Waals surface area contributed by atoms with Crippen LogP contribution in [0.1, 0.15) is 49.1 Å². The highest BCUT2D eigenvalue weighted by Gasteiger charge is 2.48. The number of rotatable bonds is 5. The average Bonchev–Trinajstić information content (AvgIpc) is 3.04. The van der Waals surface area contributed by atoms with Crippen molar-refractivity contribution in [2.75, 3.05) is 19.6 Å². The molecule has 0 saturated carbocycles. The minimum Gasteiger partial charge on any atom is -0.618 e. The Morgan fingerprint density at radius 2 is 1.97 bits per heavy atom. The van der Waals surface area contributed by atoms with Crippen molar-refractivity contribution < 1.29 is 29.2 Å². The molecule has 5 rings (SSSR count). The van der Waals surface area contributed by atoms with Gasteiger partial charge in [0, 0.05) is 41.7 Å². The molecule has 2 aromatic carbocycles. The highest BCUT2D eigenvalue weighted by Crippen LogP contribution is 2.46. The lowest BCUT2D eigenvalue weighted by Crippen LogP contribution is -2.55. The van der Waals surface area contributed by atoms with Crippen molar-refractivity contribution >= 4 is 23.3 Å². The summed E-state index contributed by atoms with van der Waals surface area (Å²) in [5.41, 5.74) is 2.16. The minimum absolute atomic E-state index is 0.0900. The van der Waals surface area contributed by atoms with E-state index in [2.05, 4.69) is 24.8 Å². The molecule has 1 atom stereocenters. The fourth-order valence-corrected chi connectivity index (χ4v) is 5.83. The van der Waals surface area contributed by atoms with Gasteiger partial charge in [0.1, 0.15) is 11.5 Å². The van der Waals surface area contributed by atoms with Crippen molar-refractivity contribution in [2.24, 2.45) is 5.41 Å². The summed E-state index contributed by atoms with van der Waals surface area (Å²) in [7, 11) is 0. The van der Waals surface area contributed by atoms with Gasteiger partial charge >= 0.3 is 6.16 Å². The summed E-state index contributed by atoms with van der Waals surface area (Å²) < 4.78 is 11.6. The normalized spacial score (nSPS) is 21.4. The number of benzene rings is 2. The Hall–Kier alpha value is -3.59. The molecule has 3 aromatic rings. The van der Waals surface area contributed by atoms with Crippen molar-refractivity contribution in [1.82, 2.24) is 4.90 Å². The molecule has 1 fully saturated rings. The Labute approximate surface area is 232 Å². The fraction of sp³-hybridized carbons (Fsp3) is 0.333. The highest BCUT2D eigenvalue weighted by molar-refractivity contribution is 6.30. The van der Waals surface area contributed by atoms with E-state index < -0.39 is 17.2 Å². The first-order valence-electron chi connectivity index (χ1n) is 12.9.